The third-order valence-corrected chi connectivity index (χ3v) is 4.23. The van der Waals surface area contributed by atoms with E-state index in [1.807, 2.05) is 0 Å². The van der Waals surface area contributed by atoms with Crippen LogP contribution in [0.25, 0.3) is 0 Å². The number of hydrogen-bond acceptors (Lipinski definition) is 2. The lowest BCUT2D eigenvalue weighted by Crippen LogP contribution is -2.42. The SMILES string of the molecule is CCNC1CCCCCC1Oc1cccc(C(C)C)c1. The van der Waals surface area contributed by atoms with Gasteiger partial charge in [-0.05, 0) is 49.4 Å². The van der Waals surface area contributed by atoms with Gasteiger partial charge in [0.2, 0.25) is 0 Å². The molecule has 0 amide bonds. The second-order valence-corrected chi connectivity index (χ2v) is 6.19. The zero-order chi connectivity index (χ0) is 14.4. The molecule has 1 fully saturated rings. The average molecular weight is 275 g/mol. The number of nitrogens with one attached hydrogen (secondary N) is 1. The van der Waals surface area contributed by atoms with Gasteiger partial charge in [-0.25, -0.2) is 0 Å². The molecule has 2 atom stereocenters. The average Bonchev–Trinajstić information content (AvgIpc) is 2.65. The largest absolute Gasteiger partial charge is 0.489 e. The smallest absolute Gasteiger partial charge is 0.120 e. The minimum atomic E-state index is 0.319. The summed E-state index contributed by atoms with van der Waals surface area (Å²) in [7, 11) is 0. The van der Waals surface area contributed by atoms with Crippen molar-refractivity contribution in [1.82, 2.24) is 5.32 Å². The highest BCUT2D eigenvalue weighted by Gasteiger charge is 2.24. The third-order valence-electron chi connectivity index (χ3n) is 4.23. The number of ether oxygens (including phenoxy) is 1. The van der Waals surface area contributed by atoms with Gasteiger partial charge in [-0.15, -0.1) is 0 Å². The molecule has 1 aliphatic carbocycles. The molecular weight excluding hydrogens is 246 g/mol. The summed E-state index contributed by atoms with van der Waals surface area (Å²) in [5.41, 5.74) is 1.36. The lowest BCUT2D eigenvalue weighted by atomic mass is 10.0. The molecule has 0 aromatic heterocycles. The molecule has 0 heterocycles. The Morgan fingerprint density at radius 1 is 1.20 bits per heavy atom. The first-order valence-electron chi connectivity index (χ1n) is 8.20. The van der Waals surface area contributed by atoms with Crippen LogP contribution in [0.5, 0.6) is 5.75 Å². The van der Waals surface area contributed by atoms with Crippen molar-refractivity contribution in [2.24, 2.45) is 0 Å². The van der Waals surface area contributed by atoms with Gasteiger partial charge in [0.1, 0.15) is 11.9 Å². The van der Waals surface area contributed by atoms with E-state index in [0.717, 1.165) is 12.3 Å². The minimum absolute atomic E-state index is 0.319. The molecule has 0 radical (unpaired) electrons. The fourth-order valence-corrected chi connectivity index (χ4v) is 3.03. The summed E-state index contributed by atoms with van der Waals surface area (Å²) in [5, 5.41) is 3.61. The van der Waals surface area contributed by atoms with Crippen molar-refractivity contribution in [2.45, 2.75) is 70.9 Å². The lowest BCUT2D eigenvalue weighted by molar-refractivity contribution is 0.145. The Morgan fingerprint density at radius 2 is 2.00 bits per heavy atom. The fraction of sp³-hybridized carbons (Fsp3) is 0.667. The normalized spacial score (nSPS) is 23.6. The van der Waals surface area contributed by atoms with Crippen LogP contribution in [0.3, 0.4) is 0 Å². The summed E-state index contributed by atoms with van der Waals surface area (Å²) in [6, 6.07) is 9.11. The fourth-order valence-electron chi connectivity index (χ4n) is 3.03. The molecule has 0 spiro atoms. The van der Waals surface area contributed by atoms with Crippen molar-refractivity contribution in [3.05, 3.63) is 29.8 Å². The molecule has 1 saturated carbocycles. The molecule has 0 saturated heterocycles. The Labute approximate surface area is 123 Å². The van der Waals surface area contributed by atoms with Gasteiger partial charge in [-0.2, -0.15) is 0 Å². The predicted molar refractivity (Wildman–Crippen MR) is 85.5 cm³/mol. The Morgan fingerprint density at radius 3 is 2.75 bits per heavy atom. The van der Waals surface area contributed by atoms with Gasteiger partial charge >= 0.3 is 0 Å². The minimum Gasteiger partial charge on any atom is -0.489 e. The van der Waals surface area contributed by atoms with Gasteiger partial charge in [0.15, 0.2) is 0 Å². The highest BCUT2D eigenvalue weighted by atomic mass is 16.5. The Kier molecular flexibility index (Phi) is 5.90. The van der Waals surface area contributed by atoms with E-state index in [1.54, 1.807) is 0 Å². The van der Waals surface area contributed by atoms with E-state index >= 15 is 0 Å². The summed E-state index contributed by atoms with van der Waals surface area (Å²) >= 11 is 0. The van der Waals surface area contributed by atoms with Crippen LogP contribution < -0.4 is 10.1 Å². The van der Waals surface area contributed by atoms with Gasteiger partial charge in [0.25, 0.3) is 0 Å². The molecule has 1 aliphatic rings. The molecule has 112 valence electrons. The first-order valence-corrected chi connectivity index (χ1v) is 8.20. The Hall–Kier alpha value is -1.02. The topological polar surface area (TPSA) is 21.3 Å². The highest BCUT2D eigenvalue weighted by molar-refractivity contribution is 5.30. The Bertz CT molecular complexity index is 402. The second kappa shape index (κ2) is 7.68. The predicted octanol–water partition coefficient (Wildman–Crippen LogP) is 4.50. The van der Waals surface area contributed by atoms with Crippen molar-refractivity contribution in [3.63, 3.8) is 0 Å². The van der Waals surface area contributed by atoms with Crippen molar-refractivity contribution in [1.29, 1.82) is 0 Å². The van der Waals surface area contributed by atoms with Crippen LogP contribution in [-0.2, 0) is 0 Å². The van der Waals surface area contributed by atoms with Crippen LogP contribution in [0.4, 0.5) is 0 Å². The molecule has 2 unspecified atom stereocenters. The van der Waals surface area contributed by atoms with Crippen LogP contribution in [0.1, 0.15) is 64.4 Å². The quantitative estimate of drug-likeness (QED) is 0.799. The molecule has 0 bridgehead atoms. The van der Waals surface area contributed by atoms with Gasteiger partial charge in [-0.1, -0.05) is 45.7 Å². The van der Waals surface area contributed by atoms with E-state index in [1.165, 1.54) is 37.7 Å². The standard InChI is InChI=1S/C18H29NO/c1-4-19-17-11-6-5-7-12-18(17)20-16-10-8-9-15(13-16)14(2)3/h8-10,13-14,17-19H,4-7,11-12H2,1-3H3. The monoisotopic (exact) mass is 275 g/mol. The molecule has 2 heteroatoms. The van der Waals surface area contributed by atoms with Gasteiger partial charge in [0, 0.05) is 6.04 Å². The number of rotatable bonds is 5. The number of benzene rings is 1. The van der Waals surface area contributed by atoms with Crippen molar-refractivity contribution in [2.75, 3.05) is 6.54 Å². The Balaban J connectivity index is 2.07. The zero-order valence-corrected chi connectivity index (χ0v) is 13.2. The van der Waals surface area contributed by atoms with E-state index < -0.39 is 0 Å². The zero-order valence-electron chi connectivity index (χ0n) is 13.2. The molecule has 1 aromatic rings. The molecule has 20 heavy (non-hydrogen) atoms. The van der Waals surface area contributed by atoms with Crippen molar-refractivity contribution >= 4 is 0 Å². The first kappa shape index (κ1) is 15.4. The van der Waals surface area contributed by atoms with Gasteiger partial charge in [-0.3, -0.25) is 0 Å². The number of hydrogen-bond donors (Lipinski definition) is 1. The molecular formula is C18H29NO. The summed E-state index contributed by atoms with van der Waals surface area (Å²) in [6.07, 6.45) is 6.68. The molecule has 0 aliphatic heterocycles. The maximum absolute atomic E-state index is 6.33. The maximum Gasteiger partial charge on any atom is 0.120 e. The van der Waals surface area contributed by atoms with E-state index in [4.69, 9.17) is 4.74 Å². The summed E-state index contributed by atoms with van der Waals surface area (Å²) < 4.78 is 6.33. The van der Waals surface area contributed by atoms with Gasteiger partial charge in [0.05, 0.1) is 0 Å². The second-order valence-electron chi connectivity index (χ2n) is 6.19. The lowest BCUT2D eigenvalue weighted by Gasteiger charge is -2.27. The van der Waals surface area contributed by atoms with E-state index in [-0.39, 0.29) is 0 Å². The maximum atomic E-state index is 6.33. The van der Waals surface area contributed by atoms with Gasteiger partial charge < -0.3 is 10.1 Å². The molecule has 1 aromatic carbocycles. The van der Waals surface area contributed by atoms with Crippen molar-refractivity contribution < 1.29 is 4.74 Å². The van der Waals surface area contributed by atoms with Crippen molar-refractivity contribution in [3.8, 4) is 5.75 Å². The summed E-state index contributed by atoms with van der Waals surface area (Å²) in [4.78, 5) is 0. The number of likely N-dealkylation sites (N-methyl/N-ethyl adjacent to an activating group) is 1. The molecule has 2 nitrogen and oxygen atoms in total. The van der Waals surface area contributed by atoms with Crippen LogP contribution in [0.2, 0.25) is 0 Å². The van der Waals surface area contributed by atoms with Crippen LogP contribution >= 0.6 is 0 Å². The third kappa shape index (κ3) is 4.24. The van der Waals surface area contributed by atoms with E-state index in [9.17, 15) is 0 Å². The summed E-state index contributed by atoms with van der Waals surface area (Å²) in [5.74, 6) is 1.59. The van der Waals surface area contributed by atoms with Crippen LogP contribution in [0, 0.1) is 0 Å². The highest BCUT2D eigenvalue weighted by Crippen LogP contribution is 2.25. The summed E-state index contributed by atoms with van der Waals surface area (Å²) in [6.45, 7) is 7.66. The van der Waals surface area contributed by atoms with Crippen LogP contribution in [-0.4, -0.2) is 18.7 Å². The van der Waals surface area contributed by atoms with Crippen LogP contribution in [0.15, 0.2) is 24.3 Å². The van der Waals surface area contributed by atoms with E-state index in [0.29, 0.717) is 18.1 Å². The molecule has 2 rings (SSSR count). The molecule has 1 N–H and O–H groups in total. The first-order chi connectivity index (χ1) is 9.70. The van der Waals surface area contributed by atoms with E-state index in [2.05, 4.69) is 50.4 Å².